The first-order chi connectivity index (χ1) is 16.0. The SMILES string of the molecule is COc1cccc(-c2nnc(CS(=O)(=O)C3CCCNC3)n2-c2c(OC)ncnc2OC)n1. The fourth-order valence-electron chi connectivity index (χ4n) is 3.73. The maximum absolute atomic E-state index is 13.2. The van der Waals surface area contributed by atoms with Crippen LogP contribution in [-0.4, -0.2) is 77.8 Å². The Kier molecular flexibility index (Phi) is 6.70. The van der Waals surface area contributed by atoms with E-state index in [1.54, 1.807) is 18.2 Å². The standard InChI is InChI=1S/C20H25N7O5S/c1-30-16-8-4-7-14(24-16)18-26-25-15(11-33(28,29)13-6-5-9-21-10-13)27(18)17-19(31-2)22-12-23-20(17)32-3/h4,7-8,12-13,21H,5-6,9-11H2,1-3H3. The highest BCUT2D eigenvalue weighted by molar-refractivity contribution is 7.91. The minimum absolute atomic E-state index is 0.170. The van der Waals surface area contributed by atoms with Crippen LogP contribution in [0.3, 0.4) is 0 Å². The normalized spacial score (nSPS) is 16.4. The van der Waals surface area contributed by atoms with Crippen LogP contribution in [0.15, 0.2) is 24.5 Å². The van der Waals surface area contributed by atoms with E-state index >= 15 is 0 Å². The maximum Gasteiger partial charge on any atom is 0.245 e. The molecule has 0 aliphatic carbocycles. The summed E-state index contributed by atoms with van der Waals surface area (Å²) in [5.74, 6) is 0.816. The number of pyridine rings is 1. The first-order valence-corrected chi connectivity index (χ1v) is 12.0. The summed E-state index contributed by atoms with van der Waals surface area (Å²) in [6, 6.07) is 5.16. The second-order valence-corrected chi connectivity index (χ2v) is 9.64. The van der Waals surface area contributed by atoms with Crippen molar-refractivity contribution >= 4 is 9.84 Å². The molecule has 0 amide bonds. The average molecular weight is 476 g/mol. The molecule has 0 saturated carbocycles. The van der Waals surface area contributed by atoms with E-state index < -0.39 is 15.1 Å². The highest BCUT2D eigenvalue weighted by Crippen LogP contribution is 2.34. The monoisotopic (exact) mass is 475 g/mol. The Bertz CT molecular complexity index is 1200. The van der Waals surface area contributed by atoms with Gasteiger partial charge in [-0.15, -0.1) is 10.2 Å². The van der Waals surface area contributed by atoms with Gasteiger partial charge in [-0.2, -0.15) is 9.97 Å². The summed E-state index contributed by atoms with van der Waals surface area (Å²) in [5, 5.41) is 11.1. The van der Waals surface area contributed by atoms with Crippen molar-refractivity contribution in [2.75, 3.05) is 34.4 Å². The Hall–Kier alpha value is -3.32. The molecule has 0 radical (unpaired) electrons. The van der Waals surface area contributed by atoms with Crippen molar-refractivity contribution < 1.29 is 22.6 Å². The number of piperidine rings is 1. The fourth-order valence-corrected chi connectivity index (χ4v) is 5.41. The van der Waals surface area contributed by atoms with Gasteiger partial charge in [-0.05, 0) is 25.5 Å². The predicted molar refractivity (Wildman–Crippen MR) is 118 cm³/mol. The predicted octanol–water partition coefficient (Wildman–Crippen LogP) is 0.812. The summed E-state index contributed by atoms with van der Waals surface area (Å²) in [6.45, 7) is 1.21. The van der Waals surface area contributed by atoms with E-state index in [9.17, 15) is 8.42 Å². The summed E-state index contributed by atoms with van der Waals surface area (Å²) >= 11 is 0. The topological polar surface area (TPSA) is 143 Å². The molecular formula is C20H25N7O5S. The molecule has 13 heteroatoms. The number of methoxy groups -OCH3 is 3. The minimum atomic E-state index is -3.54. The lowest BCUT2D eigenvalue weighted by molar-refractivity contribution is 0.368. The zero-order valence-electron chi connectivity index (χ0n) is 18.6. The summed E-state index contributed by atoms with van der Waals surface area (Å²) in [6.07, 6.45) is 2.68. The number of sulfone groups is 1. The zero-order chi connectivity index (χ0) is 23.4. The van der Waals surface area contributed by atoms with E-state index in [-0.39, 0.29) is 34.8 Å². The molecule has 1 unspecified atom stereocenters. The van der Waals surface area contributed by atoms with Crippen molar-refractivity contribution in [3.63, 3.8) is 0 Å². The van der Waals surface area contributed by atoms with Crippen molar-refractivity contribution in [3.8, 4) is 34.8 Å². The molecule has 33 heavy (non-hydrogen) atoms. The Morgan fingerprint density at radius 2 is 1.85 bits per heavy atom. The van der Waals surface area contributed by atoms with Gasteiger partial charge < -0.3 is 19.5 Å². The van der Waals surface area contributed by atoms with Gasteiger partial charge in [0.15, 0.2) is 27.2 Å². The molecule has 0 aromatic carbocycles. The van der Waals surface area contributed by atoms with Crippen LogP contribution in [0.5, 0.6) is 17.6 Å². The first-order valence-electron chi connectivity index (χ1n) is 10.3. The zero-order valence-corrected chi connectivity index (χ0v) is 19.4. The summed E-state index contributed by atoms with van der Waals surface area (Å²) in [5.41, 5.74) is 0.692. The number of hydrogen-bond acceptors (Lipinski definition) is 11. The molecule has 176 valence electrons. The lowest BCUT2D eigenvalue weighted by Crippen LogP contribution is -2.39. The van der Waals surface area contributed by atoms with Crippen LogP contribution in [0.1, 0.15) is 18.7 Å². The molecule has 0 bridgehead atoms. The minimum Gasteiger partial charge on any atom is -0.481 e. The molecule has 4 rings (SSSR count). The number of rotatable bonds is 8. The maximum atomic E-state index is 13.2. The van der Waals surface area contributed by atoms with E-state index in [2.05, 4.69) is 30.5 Å². The molecule has 1 saturated heterocycles. The van der Waals surface area contributed by atoms with Crippen LogP contribution in [0, 0.1) is 0 Å². The third-order valence-corrected chi connectivity index (χ3v) is 7.43. The third kappa shape index (κ3) is 4.59. The smallest absolute Gasteiger partial charge is 0.245 e. The molecule has 3 aromatic rings. The Morgan fingerprint density at radius 3 is 2.48 bits per heavy atom. The molecule has 1 fully saturated rings. The average Bonchev–Trinajstić information content (AvgIpc) is 3.26. The number of ether oxygens (including phenoxy) is 3. The van der Waals surface area contributed by atoms with Crippen LogP contribution >= 0.6 is 0 Å². The molecule has 1 aliphatic rings. The van der Waals surface area contributed by atoms with Crippen molar-refractivity contribution in [2.24, 2.45) is 0 Å². The van der Waals surface area contributed by atoms with E-state index in [1.807, 2.05) is 0 Å². The van der Waals surface area contributed by atoms with Crippen LogP contribution in [0.4, 0.5) is 0 Å². The van der Waals surface area contributed by atoms with Gasteiger partial charge in [-0.3, -0.25) is 4.57 Å². The van der Waals surface area contributed by atoms with Crippen LogP contribution < -0.4 is 19.5 Å². The molecule has 12 nitrogen and oxygen atoms in total. The largest absolute Gasteiger partial charge is 0.481 e. The Balaban J connectivity index is 1.90. The lowest BCUT2D eigenvalue weighted by Gasteiger charge is -2.23. The number of hydrogen-bond donors (Lipinski definition) is 1. The Morgan fingerprint density at radius 1 is 1.09 bits per heavy atom. The molecular weight excluding hydrogens is 450 g/mol. The van der Waals surface area contributed by atoms with Crippen molar-refractivity contribution in [1.82, 2.24) is 35.0 Å². The van der Waals surface area contributed by atoms with Gasteiger partial charge in [0, 0.05) is 12.6 Å². The van der Waals surface area contributed by atoms with Crippen molar-refractivity contribution in [1.29, 1.82) is 0 Å². The third-order valence-electron chi connectivity index (χ3n) is 5.35. The van der Waals surface area contributed by atoms with Gasteiger partial charge in [-0.1, -0.05) is 6.07 Å². The highest BCUT2D eigenvalue weighted by Gasteiger charge is 2.32. The fraction of sp³-hybridized carbons (Fsp3) is 0.450. The summed E-state index contributed by atoms with van der Waals surface area (Å²) in [4.78, 5) is 12.8. The van der Waals surface area contributed by atoms with Crippen molar-refractivity contribution in [2.45, 2.75) is 23.8 Å². The number of aromatic nitrogens is 6. The molecule has 3 aromatic heterocycles. The Labute approximate surface area is 191 Å². The molecule has 1 atom stereocenters. The lowest BCUT2D eigenvalue weighted by atomic mass is 10.2. The summed E-state index contributed by atoms with van der Waals surface area (Å²) < 4.78 is 44.1. The van der Waals surface area contributed by atoms with Crippen LogP contribution in [0.25, 0.3) is 17.2 Å². The number of nitrogens with one attached hydrogen (secondary N) is 1. The molecule has 1 N–H and O–H groups in total. The molecule has 1 aliphatic heterocycles. The van der Waals surface area contributed by atoms with Crippen LogP contribution in [0.2, 0.25) is 0 Å². The van der Waals surface area contributed by atoms with E-state index in [4.69, 9.17) is 14.2 Å². The van der Waals surface area contributed by atoms with Crippen LogP contribution in [-0.2, 0) is 15.6 Å². The second-order valence-electron chi connectivity index (χ2n) is 7.36. The highest BCUT2D eigenvalue weighted by atomic mass is 32.2. The summed E-state index contributed by atoms with van der Waals surface area (Å²) in [7, 11) is 0.858. The van der Waals surface area contributed by atoms with E-state index in [1.165, 1.54) is 32.2 Å². The van der Waals surface area contributed by atoms with Crippen molar-refractivity contribution in [3.05, 3.63) is 30.4 Å². The number of nitrogens with zero attached hydrogens (tertiary/aromatic N) is 6. The van der Waals surface area contributed by atoms with Gasteiger partial charge in [0.05, 0.1) is 26.6 Å². The van der Waals surface area contributed by atoms with Gasteiger partial charge in [-0.25, -0.2) is 13.4 Å². The molecule has 0 spiro atoms. The quantitative estimate of drug-likeness (QED) is 0.494. The van der Waals surface area contributed by atoms with Gasteiger partial charge >= 0.3 is 0 Å². The second kappa shape index (κ2) is 9.67. The molecule has 4 heterocycles. The van der Waals surface area contributed by atoms with E-state index in [0.717, 1.165) is 13.0 Å². The van der Waals surface area contributed by atoms with Gasteiger partial charge in [0.1, 0.15) is 17.8 Å². The van der Waals surface area contributed by atoms with Gasteiger partial charge in [0.2, 0.25) is 17.6 Å². The van der Waals surface area contributed by atoms with E-state index in [0.29, 0.717) is 24.5 Å². The first kappa shape index (κ1) is 22.9. The van der Waals surface area contributed by atoms with Gasteiger partial charge in [0.25, 0.3) is 0 Å².